The molecule has 0 aromatic heterocycles. The Labute approximate surface area is 126 Å². The normalized spacial score (nSPS) is 22.8. The zero-order valence-corrected chi connectivity index (χ0v) is 13.0. The molecule has 5 heteroatoms. The summed E-state index contributed by atoms with van der Waals surface area (Å²) in [6.07, 6.45) is 0.925. The van der Waals surface area contributed by atoms with E-state index in [4.69, 9.17) is 9.47 Å². The van der Waals surface area contributed by atoms with Gasteiger partial charge in [0.1, 0.15) is 5.75 Å². The van der Waals surface area contributed by atoms with Gasteiger partial charge in [-0.05, 0) is 26.0 Å². The van der Waals surface area contributed by atoms with Crippen LogP contribution in [-0.4, -0.2) is 49.8 Å². The Bertz CT molecular complexity index is 468. The van der Waals surface area contributed by atoms with Gasteiger partial charge in [0.15, 0.2) is 0 Å². The van der Waals surface area contributed by atoms with Crippen molar-refractivity contribution in [3.8, 4) is 5.75 Å². The second-order valence-corrected chi connectivity index (χ2v) is 5.52. The van der Waals surface area contributed by atoms with Crippen LogP contribution in [0.3, 0.4) is 0 Å². The Hall–Kier alpha value is -1.59. The van der Waals surface area contributed by atoms with Crippen LogP contribution in [0.4, 0.5) is 5.69 Å². The highest BCUT2D eigenvalue weighted by molar-refractivity contribution is 5.92. The fourth-order valence-electron chi connectivity index (χ4n) is 2.69. The van der Waals surface area contributed by atoms with E-state index in [1.54, 1.807) is 7.11 Å². The molecular formula is C16H24N2O3. The molecule has 21 heavy (non-hydrogen) atoms. The Balaban J connectivity index is 1.82. The average Bonchev–Trinajstić information content (AvgIpc) is 2.45. The number of ether oxygens (including phenoxy) is 2. The van der Waals surface area contributed by atoms with Crippen molar-refractivity contribution >= 4 is 11.6 Å². The van der Waals surface area contributed by atoms with Crippen molar-refractivity contribution in [3.05, 3.63) is 24.3 Å². The van der Waals surface area contributed by atoms with Gasteiger partial charge in [0.25, 0.3) is 0 Å². The minimum atomic E-state index is 0.00583. The predicted octanol–water partition coefficient (Wildman–Crippen LogP) is 2.13. The maximum absolute atomic E-state index is 12.1. The number of para-hydroxylation sites is 2. The molecular weight excluding hydrogens is 268 g/mol. The number of hydrogen-bond acceptors (Lipinski definition) is 4. The molecule has 2 atom stereocenters. The van der Waals surface area contributed by atoms with E-state index in [0.29, 0.717) is 17.9 Å². The number of nitrogens with zero attached hydrogens (tertiary/aromatic N) is 1. The second kappa shape index (κ2) is 7.43. The van der Waals surface area contributed by atoms with E-state index in [1.165, 1.54) is 0 Å². The highest BCUT2D eigenvalue weighted by Crippen LogP contribution is 2.23. The third-order valence-electron chi connectivity index (χ3n) is 3.53. The first-order valence-corrected chi connectivity index (χ1v) is 7.39. The van der Waals surface area contributed by atoms with E-state index in [1.807, 2.05) is 24.3 Å². The van der Waals surface area contributed by atoms with E-state index in [-0.39, 0.29) is 18.1 Å². The molecule has 1 aromatic carbocycles. The lowest BCUT2D eigenvalue weighted by molar-refractivity contribution is -0.117. The lowest BCUT2D eigenvalue weighted by atomic mass is 10.2. The molecule has 0 radical (unpaired) electrons. The quantitative estimate of drug-likeness (QED) is 0.903. The van der Waals surface area contributed by atoms with Gasteiger partial charge in [-0.2, -0.15) is 0 Å². The van der Waals surface area contributed by atoms with Gasteiger partial charge in [0, 0.05) is 26.1 Å². The van der Waals surface area contributed by atoms with Gasteiger partial charge >= 0.3 is 0 Å². The van der Waals surface area contributed by atoms with E-state index in [2.05, 4.69) is 24.1 Å². The van der Waals surface area contributed by atoms with Gasteiger partial charge in [-0.1, -0.05) is 12.1 Å². The molecule has 1 aromatic rings. The number of nitrogens with one attached hydrogen (secondary N) is 1. The molecule has 1 aliphatic heterocycles. The minimum absolute atomic E-state index is 0.00583. The van der Waals surface area contributed by atoms with Crippen molar-refractivity contribution in [1.29, 1.82) is 0 Å². The molecule has 0 spiro atoms. The summed E-state index contributed by atoms with van der Waals surface area (Å²) < 4.78 is 10.9. The minimum Gasteiger partial charge on any atom is -0.495 e. The number of methoxy groups -OCH3 is 1. The number of morpholine rings is 1. The lowest BCUT2D eigenvalue weighted by Gasteiger charge is -2.35. The zero-order chi connectivity index (χ0) is 15.2. The van der Waals surface area contributed by atoms with Gasteiger partial charge in [-0.3, -0.25) is 9.69 Å². The Morgan fingerprint density at radius 3 is 2.67 bits per heavy atom. The highest BCUT2D eigenvalue weighted by Gasteiger charge is 2.22. The van der Waals surface area contributed by atoms with Crippen LogP contribution >= 0.6 is 0 Å². The third-order valence-corrected chi connectivity index (χ3v) is 3.53. The number of rotatable bonds is 5. The SMILES string of the molecule is COc1ccccc1NC(=O)CCN1C[C@@H](C)O[C@H](C)C1. The van der Waals surface area contributed by atoms with Crippen molar-refractivity contribution in [1.82, 2.24) is 4.90 Å². The van der Waals surface area contributed by atoms with Crippen LogP contribution in [0.15, 0.2) is 24.3 Å². The summed E-state index contributed by atoms with van der Waals surface area (Å²) in [6, 6.07) is 7.44. The van der Waals surface area contributed by atoms with Crippen LogP contribution in [0.5, 0.6) is 5.75 Å². The number of hydrogen-bond donors (Lipinski definition) is 1. The Morgan fingerprint density at radius 1 is 1.33 bits per heavy atom. The number of carbonyl (C=O) groups is 1. The van der Waals surface area contributed by atoms with E-state index in [0.717, 1.165) is 19.6 Å². The van der Waals surface area contributed by atoms with Crippen molar-refractivity contribution in [2.24, 2.45) is 0 Å². The summed E-state index contributed by atoms with van der Waals surface area (Å²) in [5.41, 5.74) is 0.716. The first-order valence-electron chi connectivity index (χ1n) is 7.39. The van der Waals surface area contributed by atoms with Crippen LogP contribution in [0.2, 0.25) is 0 Å². The summed E-state index contributed by atoms with van der Waals surface area (Å²) in [7, 11) is 1.60. The van der Waals surface area contributed by atoms with Gasteiger partial charge in [0.05, 0.1) is 25.0 Å². The monoisotopic (exact) mass is 292 g/mol. The van der Waals surface area contributed by atoms with Crippen molar-refractivity contribution in [2.45, 2.75) is 32.5 Å². The maximum Gasteiger partial charge on any atom is 0.225 e. The summed E-state index contributed by atoms with van der Waals surface area (Å²) >= 11 is 0. The topological polar surface area (TPSA) is 50.8 Å². The summed E-state index contributed by atoms with van der Waals surface area (Å²) in [4.78, 5) is 14.3. The molecule has 5 nitrogen and oxygen atoms in total. The number of anilines is 1. The molecule has 1 amide bonds. The molecule has 0 aliphatic carbocycles. The molecule has 1 aliphatic rings. The van der Waals surface area contributed by atoms with Crippen LogP contribution in [-0.2, 0) is 9.53 Å². The largest absolute Gasteiger partial charge is 0.495 e. The van der Waals surface area contributed by atoms with Crippen molar-refractivity contribution < 1.29 is 14.3 Å². The number of benzene rings is 1. The van der Waals surface area contributed by atoms with E-state index < -0.39 is 0 Å². The highest BCUT2D eigenvalue weighted by atomic mass is 16.5. The summed E-state index contributed by atoms with van der Waals surface area (Å²) in [5.74, 6) is 0.686. The fourth-order valence-corrected chi connectivity index (χ4v) is 2.69. The van der Waals surface area contributed by atoms with Gasteiger partial charge < -0.3 is 14.8 Å². The van der Waals surface area contributed by atoms with E-state index >= 15 is 0 Å². The molecule has 116 valence electrons. The number of carbonyl (C=O) groups excluding carboxylic acids is 1. The zero-order valence-electron chi connectivity index (χ0n) is 13.0. The molecule has 0 unspecified atom stereocenters. The van der Waals surface area contributed by atoms with Crippen molar-refractivity contribution in [2.75, 3.05) is 32.1 Å². The van der Waals surface area contributed by atoms with Gasteiger partial charge in [0.2, 0.25) is 5.91 Å². The molecule has 1 heterocycles. The van der Waals surface area contributed by atoms with Crippen LogP contribution < -0.4 is 10.1 Å². The molecule has 0 bridgehead atoms. The predicted molar refractivity (Wildman–Crippen MR) is 82.7 cm³/mol. The standard InChI is InChI=1S/C16H24N2O3/c1-12-10-18(11-13(2)21-12)9-8-16(19)17-14-6-4-5-7-15(14)20-3/h4-7,12-13H,8-11H2,1-3H3,(H,17,19)/t12-,13-/m1/s1. The van der Waals surface area contributed by atoms with Crippen LogP contribution in [0.25, 0.3) is 0 Å². The van der Waals surface area contributed by atoms with Crippen LogP contribution in [0.1, 0.15) is 20.3 Å². The Morgan fingerprint density at radius 2 is 2.00 bits per heavy atom. The van der Waals surface area contributed by atoms with Gasteiger partial charge in [-0.25, -0.2) is 0 Å². The van der Waals surface area contributed by atoms with E-state index in [9.17, 15) is 4.79 Å². The number of amides is 1. The smallest absolute Gasteiger partial charge is 0.225 e. The third kappa shape index (κ3) is 4.72. The first kappa shape index (κ1) is 15.8. The summed E-state index contributed by atoms with van der Waals surface area (Å²) in [6.45, 7) is 6.65. The first-order chi connectivity index (χ1) is 10.1. The summed E-state index contributed by atoms with van der Waals surface area (Å²) in [5, 5.41) is 2.90. The maximum atomic E-state index is 12.1. The Kier molecular flexibility index (Phi) is 5.59. The van der Waals surface area contributed by atoms with Gasteiger partial charge in [-0.15, -0.1) is 0 Å². The second-order valence-electron chi connectivity index (χ2n) is 5.52. The van der Waals surface area contributed by atoms with Crippen LogP contribution in [0, 0.1) is 0 Å². The van der Waals surface area contributed by atoms with Crippen molar-refractivity contribution in [3.63, 3.8) is 0 Å². The molecule has 1 fully saturated rings. The lowest BCUT2D eigenvalue weighted by Crippen LogP contribution is -2.46. The molecule has 2 rings (SSSR count). The molecule has 0 saturated carbocycles. The molecule has 1 N–H and O–H groups in total. The molecule has 1 saturated heterocycles. The fraction of sp³-hybridized carbons (Fsp3) is 0.562. The average molecular weight is 292 g/mol.